The molecule has 0 radical (unpaired) electrons. The molecule has 1 amide bonds. The smallest absolute Gasteiger partial charge is 0.224 e. The Labute approximate surface area is 118 Å². The van der Waals surface area contributed by atoms with Crippen LogP contribution in [-0.2, 0) is 11.2 Å². The molecule has 0 saturated carbocycles. The SMILES string of the molecule is CC.CC.CCC(=O)Nc1cccc(CC)c1OC. The normalized spacial score (nSPS) is 8.37. The predicted molar refractivity (Wildman–Crippen MR) is 84.0 cm³/mol. The molecular weight excluding hydrogens is 238 g/mol. The Bertz CT molecular complexity index is 349. The van der Waals surface area contributed by atoms with Crippen molar-refractivity contribution in [3.63, 3.8) is 0 Å². The first kappa shape index (κ1) is 19.8. The van der Waals surface area contributed by atoms with Crippen LogP contribution in [0.2, 0.25) is 0 Å². The van der Waals surface area contributed by atoms with Crippen molar-refractivity contribution >= 4 is 11.6 Å². The maximum Gasteiger partial charge on any atom is 0.224 e. The number of benzene rings is 1. The molecule has 110 valence electrons. The molecule has 0 aromatic heterocycles. The van der Waals surface area contributed by atoms with Crippen molar-refractivity contribution in [2.45, 2.75) is 54.4 Å². The van der Waals surface area contributed by atoms with E-state index in [1.807, 2.05) is 52.8 Å². The zero-order chi connectivity index (χ0) is 15.3. The third-order valence-corrected chi connectivity index (χ3v) is 2.28. The Balaban J connectivity index is 0. The summed E-state index contributed by atoms with van der Waals surface area (Å²) in [7, 11) is 1.62. The van der Waals surface area contributed by atoms with Crippen LogP contribution >= 0.6 is 0 Å². The number of carbonyl (C=O) groups excluding carboxylic acids is 1. The van der Waals surface area contributed by atoms with Crippen molar-refractivity contribution in [1.82, 2.24) is 0 Å². The summed E-state index contributed by atoms with van der Waals surface area (Å²) >= 11 is 0. The largest absolute Gasteiger partial charge is 0.494 e. The number of nitrogens with one attached hydrogen (secondary N) is 1. The van der Waals surface area contributed by atoms with Crippen molar-refractivity contribution in [3.05, 3.63) is 23.8 Å². The number of ether oxygens (including phenoxy) is 1. The lowest BCUT2D eigenvalue weighted by Gasteiger charge is -2.12. The molecule has 0 spiro atoms. The summed E-state index contributed by atoms with van der Waals surface area (Å²) in [6.07, 6.45) is 1.36. The average Bonchev–Trinajstić information content (AvgIpc) is 2.50. The Hall–Kier alpha value is -1.51. The van der Waals surface area contributed by atoms with Crippen LogP contribution in [0.4, 0.5) is 5.69 Å². The van der Waals surface area contributed by atoms with Gasteiger partial charge < -0.3 is 10.1 Å². The number of rotatable bonds is 4. The molecule has 0 heterocycles. The molecule has 1 aromatic rings. The van der Waals surface area contributed by atoms with Crippen LogP contribution in [-0.4, -0.2) is 13.0 Å². The number of aryl methyl sites for hydroxylation is 1. The van der Waals surface area contributed by atoms with Gasteiger partial charge >= 0.3 is 0 Å². The Kier molecular flexibility index (Phi) is 13.5. The minimum Gasteiger partial charge on any atom is -0.494 e. The molecule has 1 aromatic carbocycles. The maximum atomic E-state index is 11.3. The van der Waals surface area contributed by atoms with Gasteiger partial charge in [0, 0.05) is 6.42 Å². The fourth-order valence-electron chi connectivity index (χ4n) is 1.44. The van der Waals surface area contributed by atoms with Crippen LogP contribution in [0.3, 0.4) is 0 Å². The molecule has 0 saturated heterocycles. The van der Waals surface area contributed by atoms with Crippen LogP contribution in [0.25, 0.3) is 0 Å². The van der Waals surface area contributed by atoms with Crippen LogP contribution < -0.4 is 10.1 Å². The van der Waals surface area contributed by atoms with Gasteiger partial charge in [0.05, 0.1) is 12.8 Å². The molecular formula is C16H29NO2. The topological polar surface area (TPSA) is 38.3 Å². The van der Waals surface area contributed by atoms with Crippen molar-refractivity contribution < 1.29 is 9.53 Å². The molecule has 0 fully saturated rings. The van der Waals surface area contributed by atoms with Crippen molar-refractivity contribution in [3.8, 4) is 5.75 Å². The molecule has 0 aliphatic carbocycles. The standard InChI is InChI=1S/C12H17NO2.2C2H6/c1-4-9-7-6-8-10(12(9)15-3)13-11(14)5-2;2*1-2/h6-8H,4-5H2,1-3H3,(H,13,14);2*1-2H3. The first-order valence-electron chi connectivity index (χ1n) is 7.18. The van der Waals surface area contributed by atoms with E-state index in [2.05, 4.69) is 12.2 Å². The second-order valence-corrected chi connectivity index (χ2v) is 3.25. The third-order valence-electron chi connectivity index (χ3n) is 2.28. The summed E-state index contributed by atoms with van der Waals surface area (Å²) < 4.78 is 5.30. The number of methoxy groups -OCH3 is 1. The highest BCUT2D eigenvalue weighted by atomic mass is 16.5. The quantitative estimate of drug-likeness (QED) is 0.861. The van der Waals surface area contributed by atoms with Gasteiger partial charge in [-0.15, -0.1) is 0 Å². The van der Waals surface area contributed by atoms with Gasteiger partial charge in [0.15, 0.2) is 0 Å². The molecule has 1 N–H and O–H groups in total. The molecule has 1 rings (SSSR count). The maximum absolute atomic E-state index is 11.3. The zero-order valence-electron chi connectivity index (χ0n) is 13.5. The van der Waals surface area contributed by atoms with Crippen LogP contribution in [0.5, 0.6) is 5.75 Å². The van der Waals surface area contributed by atoms with E-state index < -0.39 is 0 Å². The Morgan fingerprint density at radius 1 is 1.16 bits per heavy atom. The average molecular weight is 267 g/mol. The Morgan fingerprint density at radius 3 is 2.16 bits per heavy atom. The highest BCUT2D eigenvalue weighted by Crippen LogP contribution is 2.28. The summed E-state index contributed by atoms with van der Waals surface area (Å²) in [4.78, 5) is 11.3. The second-order valence-electron chi connectivity index (χ2n) is 3.25. The molecule has 0 aliphatic rings. The van der Waals surface area contributed by atoms with Crippen molar-refractivity contribution in [2.24, 2.45) is 0 Å². The number of hydrogen-bond donors (Lipinski definition) is 1. The van der Waals surface area contributed by atoms with Gasteiger partial charge in [0.2, 0.25) is 5.91 Å². The highest BCUT2D eigenvalue weighted by molar-refractivity contribution is 5.92. The van der Waals surface area contributed by atoms with Crippen LogP contribution in [0, 0.1) is 0 Å². The van der Waals surface area contributed by atoms with E-state index in [1.54, 1.807) is 7.11 Å². The van der Waals surface area contributed by atoms with E-state index >= 15 is 0 Å². The minimum absolute atomic E-state index is 0.00144. The monoisotopic (exact) mass is 267 g/mol. The number of carbonyl (C=O) groups is 1. The van der Waals surface area contributed by atoms with E-state index in [-0.39, 0.29) is 5.91 Å². The number of hydrogen-bond acceptors (Lipinski definition) is 2. The van der Waals surface area contributed by atoms with E-state index in [1.165, 1.54) is 0 Å². The lowest BCUT2D eigenvalue weighted by atomic mass is 10.1. The zero-order valence-corrected chi connectivity index (χ0v) is 13.5. The first-order valence-corrected chi connectivity index (χ1v) is 7.18. The van der Waals surface area contributed by atoms with Gasteiger partial charge in [-0.1, -0.05) is 53.7 Å². The minimum atomic E-state index is 0.00144. The summed E-state index contributed by atoms with van der Waals surface area (Å²) in [5.74, 6) is 0.767. The van der Waals surface area contributed by atoms with Gasteiger partial charge in [-0.05, 0) is 18.1 Å². The molecule has 3 heteroatoms. The predicted octanol–water partition coefficient (Wildman–Crippen LogP) is 4.66. The third kappa shape index (κ3) is 6.85. The second kappa shape index (κ2) is 12.9. The van der Waals surface area contributed by atoms with Gasteiger partial charge in [-0.2, -0.15) is 0 Å². The molecule has 0 unspecified atom stereocenters. The first-order chi connectivity index (χ1) is 9.22. The highest BCUT2D eigenvalue weighted by Gasteiger charge is 2.08. The van der Waals surface area contributed by atoms with E-state index in [9.17, 15) is 4.79 Å². The molecule has 3 nitrogen and oxygen atoms in total. The molecule has 0 aliphatic heterocycles. The van der Waals surface area contributed by atoms with Gasteiger partial charge in [0.1, 0.15) is 5.75 Å². The summed E-state index contributed by atoms with van der Waals surface area (Å²) in [6, 6.07) is 5.78. The van der Waals surface area contributed by atoms with Crippen LogP contribution in [0.15, 0.2) is 18.2 Å². The number of para-hydroxylation sites is 1. The van der Waals surface area contributed by atoms with Crippen molar-refractivity contribution in [1.29, 1.82) is 0 Å². The molecule has 0 atom stereocenters. The lowest BCUT2D eigenvalue weighted by molar-refractivity contribution is -0.115. The fraction of sp³-hybridized carbons (Fsp3) is 0.562. The summed E-state index contributed by atoms with van der Waals surface area (Å²) in [6.45, 7) is 11.9. The number of amides is 1. The lowest BCUT2D eigenvalue weighted by Crippen LogP contribution is -2.11. The fourth-order valence-corrected chi connectivity index (χ4v) is 1.44. The van der Waals surface area contributed by atoms with E-state index in [4.69, 9.17) is 4.74 Å². The van der Waals surface area contributed by atoms with E-state index in [0.29, 0.717) is 6.42 Å². The molecule has 19 heavy (non-hydrogen) atoms. The van der Waals surface area contributed by atoms with Gasteiger partial charge in [-0.3, -0.25) is 4.79 Å². The summed E-state index contributed by atoms with van der Waals surface area (Å²) in [5, 5.41) is 2.82. The van der Waals surface area contributed by atoms with Gasteiger partial charge in [0.25, 0.3) is 0 Å². The van der Waals surface area contributed by atoms with E-state index in [0.717, 1.165) is 23.4 Å². The Morgan fingerprint density at radius 2 is 1.74 bits per heavy atom. The van der Waals surface area contributed by atoms with Crippen molar-refractivity contribution in [2.75, 3.05) is 12.4 Å². The summed E-state index contributed by atoms with van der Waals surface area (Å²) in [5.41, 5.74) is 1.86. The molecule has 0 bridgehead atoms. The van der Waals surface area contributed by atoms with Gasteiger partial charge in [-0.25, -0.2) is 0 Å². The van der Waals surface area contributed by atoms with Crippen LogP contribution in [0.1, 0.15) is 53.5 Å². The number of anilines is 1.